The van der Waals surface area contributed by atoms with Gasteiger partial charge in [-0.15, -0.1) is 0 Å². The van der Waals surface area contributed by atoms with Crippen LogP contribution in [0.3, 0.4) is 0 Å². The van der Waals surface area contributed by atoms with Gasteiger partial charge in [0.05, 0.1) is 0 Å². The second kappa shape index (κ2) is 6.75. The van der Waals surface area contributed by atoms with Crippen LogP contribution in [0.2, 0.25) is 5.54 Å². The number of hydrogen-bond acceptors (Lipinski definition) is 2. The summed E-state index contributed by atoms with van der Waals surface area (Å²) in [6.45, 7) is 9.67. The van der Waals surface area contributed by atoms with Gasteiger partial charge in [-0.2, -0.15) is 0 Å². The van der Waals surface area contributed by atoms with Crippen LogP contribution in [0.15, 0.2) is 72.8 Å². The summed E-state index contributed by atoms with van der Waals surface area (Å²) in [6, 6.07) is 20.2. The summed E-state index contributed by atoms with van der Waals surface area (Å²) < 4.78 is 6.13. The van der Waals surface area contributed by atoms with E-state index in [-0.39, 0.29) is 11.5 Å². The molecule has 0 aliphatic carbocycles. The quantitative estimate of drug-likeness (QED) is 0.626. The van der Waals surface area contributed by atoms with Crippen LogP contribution in [0.5, 0.6) is 0 Å². The molecule has 0 radical (unpaired) electrons. The highest BCUT2D eigenvalue weighted by Crippen LogP contribution is 2.23. The van der Waals surface area contributed by atoms with Crippen LogP contribution in [-0.4, -0.2) is 14.3 Å². The molecule has 0 aromatic heterocycles. The van der Waals surface area contributed by atoms with Crippen LogP contribution in [0.1, 0.15) is 20.8 Å². The molecule has 0 bridgehead atoms. The van der Waals surface area contributed by atoms with Gasteiger partial charge in [0.2, 0.25) is 0 Å². The van der Waals surface area contributed by atoms with E-state index in [2.05, 4.69) is 44.7 Å². The average Bonchev–Trinajstić information content (AvgIpc) is 2.53. The molecule has 2 aromatic rings. The third-order valence-electron chi connectivity index (χ3n) is 3.82. The van der Waals surface area contributed by atoms with Crippen molar-refractivity contribution in [2.75, 3.05) is 0 Å². The number of hydrogen-bond donors (Lipinski definition) is 0. The fourth-order valence-corrected chi connectivity index (χ4v) is 6.65. The molecule has 0 N–H and O–H groups in total. The molecule has 3 heteroatoms. The number of rotatable bonds is 5. The van der Waals surface area contributed by atoms with Crippen LogP contribution in [-0.2, 0) is 9.22 Å². The van der Waals surface area contributed by atoms with E-state index in [1.54, 1.807) is 6.92 Å². The molecule has 0 aliphatic rings. The van der Waals surface area contributed by atoms with Crippen LogP contribution >= 0.6 is 0 Å². The van der Waals surface area contributed by atoms with Gasteiger partial charge in [0.15, 0.2) is 0 Å². The van der Waals surface area contributed by atoms with Crippen molar-refractivity contribution in [1.29, 1.82) is 0 Å². The molecule has 0 saturated carbocycles. The molecule has 0 unspecified atom stereocenters. The minimum atomic E-state index is -2.66. The fourth-order valence-electron chi connectivity index (χ4n) is 2.67. The monoisotopic (exact) mass is 310 g/mol. The third kappa shape index (κ3) is 3.04. The van der Waals surface area contributed by atoms with E-state index in [1.165, 1.54) is 0 Å². The molecule has 0 amide bonds. The first-order chi connectivity index (χ1) is 10.5. The van der Waals surface area contributed by atoms with Gasteiger partial charge < -0.3 is 4.43 Å². The van der Waals surface area contributed by atoms with E-state index in [0.29, 0.717) is 5.57 Å². The van der Waals surface area contributed by atoms with E-state index < -0.39 is 8.32 Å². The van der Waals surface area contributed by atoms with Gasteiger partial charge in [0.25, 0.3) is 0 Å². The Kier molecular flexibility index (Phi) is 4.98. The Balaban J connectivity index is 2.65. The Morgan fingerprint density at radius 2 is 1.36 bits per heavy atom. The lowest BCUT2D eigenvalue weighted by Gasteiger charge is -2.35. The van der Waals surface area contributed by atoms with Crippen molar-refractivity contribution in [2.24, 2.45) is 0 Å². The maximum Gasteiger partial charge on any atom is 0.321 e. The topological polar surface area (TPSA) is 26.3 Å². The fraction of sp³-hybridized carbons (Fsp3) is 0.211. The third-order valence-corrected chi connectivity index (χ3v) is 8.34. The molecule has 2 aromatic carbocycles. The summed E-state index contributed by atoms with van der Waals surface area (Å²) in [6.07, 6.45) is 0. The molecule has 114 valence electrons. The molecule has 2 nitrogen and oxygen atoms in total. The van der Waals surface area contributed by atoms with Gasteiger partial charge in [-0.25, -0.2) is 4.79 Å². The Labute approximate surface area is 133 Å². The maximum atomic E-state index is 12.3. The Bertz CT molecular complexity index is 608. The lowest BCUT2D eigenvalue weighted by atomic mass is 10.4. The first-order valence-electron chi connectivity index (χ1n) is 7.48. The standard InChI is InChI=1S/C19H22O2Si/c1-15(2)19(20)21-22(16(3)4,17-11-7-5-8-12-17)18-13-9-6-10-14-18/h5-14,16H,1H2,2-4H3. The smallest absolute Gasteiger partial charge is 0.321 e. The van der Waals surface area contributed by atoms with Gasteiger partial charge in [0, 0.05) is 5.57 Å². The molecule has 2 rings (SSSR count). The summed E-state index contributed by atoms with van der Waals surface area (Å²) in [5.74, 6) is -0.312. The highest BCUT2D eigenvalue weighted by molar-refractivity contribution is 6.99. The summed E-state index contributed by atoms with van der Waals surface area (Å²) in [7, 11) is -2.66. The lowest BCUT2D eigenvalue weighted by molar-refractivity contribution is -0.130. The molecule has 0 fully saturated rings. The van der Waals surface area contributed by atoms with Crippen molar-refractivity contribution in [3.63, 3.8) is 0 Å². The Morgan fingerprint density at radius 1 is 0.955 bits per heavy atom. The molecule has 0 aliphatic heterocycles. The van der Waals surface area contributed by atoms with E-state index in [9.17, 15) is 4.79 Å². The van der Waals surface area contributed by atoms with Crippen molar-refractivity contribution >= 4 is 24.7 Å². The molecule has 0 heterocycles. The SMILES string of the molecule is C=C(C)C(=O)O[Si](c1ccccc1)(c1ccccc1)C(C)C. The normalized spacial score (nSPS) is 11.3. The summed E-state index contributed by atoms with van der Waals surface area (Å²) >= 11 is 0. The zero-order valence-corrected chi connectivity index (χ0v) is 14.4. The van der Waals surface area contributed by atoms with E-state index in [4.69, 9.17) is 4.43 Å². The first kappa shape index (κ1) is 16.2. The van der Waals surface area contributed by atoms with Crippen LogP contribution in [0.25, 0.3) is 0 Å². The summed E-state index contributed by atoms with van der Waals surface area (Å²) in [4.78, 5) is 12.3. The highest BCUT2D eigenvalue weighted by atomic mass is 28.4. The minimum Gasteiger partial charge on any atom is -0.507 e. The molecular formula is C19H22O2Si. The van der Waals surface area contributed by atoms with Crippen molar-refractivity contribution in [2.45, 2.75) is 26.3 Å². The van der Waals surface area contributed by atoms with Gasteiger partial charge in [-0.3, -0.25) is 0 Å². The van der Waals surface area contributed by atoms with Gasteiger partial charge in [-0.05, 0) is 22.8 Å². The van der Waals surface area contributed by atoms with Crippen molar-refractivity contribution in [1.82, 2.24) is 0 Å². The van der Waals surface area contributed by atoms with Crippen molar-refractivity contribution in [3.8, 4) is 0 Å². The van der Waals surface area contributed by atoms with Crippen molar-refractivity contribution < 1.29 is 9.22 Å². The van der Waals surface area contributed by atoms with E-state index in [1.807, 2.05) is 36.4 Å². The Morgan fingerprint density at radius 3 is 1.68 bits per heavy atom. The average molecular weight is 310 g/mol. The zero-order chi connectivity index (χ0) is 16.2. The van der Waals surface area contributed by atoms with Crippen molar-refractivity contribution in [3.05, 3.63) is 72.8 Å². The van der Waals surface area contributed by atoms with Crippen LogP contribution < -0.4 is 10.4 Å². The molecule has 0 atom stereocenters. The lowest BCUT2D eigenvalue weighted by Crippen LogP contribution is -2.63. The highest BCUT2D eigenvalue weighted by Gasteiger charge is 2.46. The predicted molar refractivity (Wildman–Crippen MR) is 93.9 cm³/mol. The van der Waals surface area contributed by atoms with Gasteiger partial charge in [-0.1, -0.05) is 81.1 Å². The van der Waals surface area contributed by atoms with E-state index >= 15 is 0 Å². The van der Waals surface area contributed by atoms with Crippen LogP contribution in [0, 0.1) is 0 Å². The van der Waals surface area contributed by atoms with Gasteiger partial charge >= 0.3 is 14.3 Å². The minimum absolute atomic E-state index is 0.209. The summed E-state index contributed by atoms with van der Waals surface area (Å²) in [5, 5.41) is 2.21. The maximum absolute atomic E-state index is 12.3. The molecule has 0 spiro atoms. The number of carbonyl (C=O) groups excluding carboxylic acids is 1. The first-order valence-corrected chi connectivity index (χ1v) is 9.47. The largest absolute Gasteiger partial charge is 0.507 e. The second-order valence-electron chi connectivity index (χ2n) is 5.79. The molecule has 22 heavy (non-hydrogen) atoms. The predicted octanol–water partition coefficient (Wildman–Crippen LogP) is 3.28. The number of benzene rings is 2. The zero-order valence-electron chi connectivity index (χ0n) is 13.4. The molecular weight excluding hydrogens is 288 g/mol. The summed E-state index contributed by atoms with van der Waals surface area (Å²) in [5.41, 5.74) is 0.644. The Hall–Kier alpha value is -2.13. The van der Waals surface area contributed by atoms with Gasteiger partial charge in [0.1, 0.15) is 0 Å². The van der Waals surface area contributed by atoms with E-state index in [0.717, 1.165) is 10.4 Å². The van der Waals surface area contributed by atoms with Crippen LogP contribution in [0.4, 0.5) is 0 Å². The second-order valence-corrected chi connectivity index (χ2v) is 9.78. The number of carbonyl (C=O) groups is 1. The molecule has 0 saturated heterocycles.